The van der Waals surface area contributed by atoms with Crippen LogP contribution in [0.2, 0.25) is 0 Å². The van der Waals surface area contributed by atoms with Gasteiger partial charge in [0.2, 0.25) is 0 Å². The molecule has 0 bridgehead atoms. The zero-order chi connectivity index (χ0) is 10.3. The molecular weight excluding hydrogens is 250 g/mol. The molecule has 1 atom stereocenters. The van der Waals surface area contributed by atoms with Crippen LogP contribution in [0.1, 0.15) is 24.0 Å². The number of rotatable bonds is 1. The van der Waals surface area contributed by atoms with Gasteiger partial charge in [0.25, 0.3) is 0 Å². The number of likely N-dealkylation sites (tertiary alicyclic amines) is 1. The zero-order valence-corrected chi connectivity index (χ0v) is 10.5. The van der Waals surface area contributed by atoms with Crippen LogP contribution in [-0.4, -0.2) is 24.0 Å². The number of fused-ring (bicyclic) bond motifs is 1. The Morgan fingerprint density at radius 3 is 2.80 bits per heavy atom. The van der Waals surface area contributed by atoms with E-state index in [4.69, 9.17) is 0 Å². The summed E-state index contributed by atoms with van der Waals surface area (Å²) in [5, 5.41) is 0. The second-order valence-corrected chi connectivity index (χ2v) is 5.61. The van der Waals surface area contributed by atoms with Crippen molar-refractivity contribution in [3.8, 4) is 0 Å². The summed E-state index contributed by atoms with van der Waals surface area (Å²) in [6.07, 6.45) is 5.28. The molecule has 15 heavy (non-hydrogen) atoms. The molecule has 0 spiro atoms. The monoisotopic (exact) mass is 265 g/mol. The second kappa shape index (κ2) is 3.91. The highest BCUT2D eigenvalue weighted by Crippen LogP contribution is 2.28. The smallest absolute Gasteiger partial charge is 0.0178 e. The number of benzene rings is 1. The van der Waals surface area contributed by atoms with Crippen LogP contribution in [0.4, 0.5) is 0 Å². The summed E-state index contributed by atoms with van der Waals surface area (Å²) in [5.74, 6) is 0. The van der Waals surface area contributed by atoms with Gasteiger partial charge in [0.05, 0.1) is 0 Å². The third-order valence-electron chi connectivity index (χ3n) is 3.78. The standard InChI is InChI=1S/C13H16BrN/c14-12-4-2-11-9-13(15-6-1-7-15)5-3-10(11)8-12/h2,4,8,13H,1,3,5-7,9H2. The summed E-state index contributed by atoms with van der Waals surface area (Å²) in [6, 6.07) is 7.59. The van der Waals surface area contributed by atoms with Crippen molar-refractivity contribution in [2.45, 2.75) is 31.7 Å². The van der Waals surface area contributed by atoms with Crippen molar-refractivity contribution < 1.29 is 0 Å². The van der Waals surface area contributed by atoms with E-state index in [0.717, 1.165) is 6.04 Å². The van der Waals surface area contributed by atoms with Crippen molar-refractivity contribution in [2.75, 3.05) is 13.1 Å². The Hall–Kier alpha value is -0.340. The average molecular weight is 266 g/mol. The highest BCUT2D eigenvalue weighted by Gasteiger charge is 2.27. The Morgan fingerprint density at radius 1 is 1.20 bits per heavy atom. The normalized spacial score (nSPS) is 25.8. The van der Waals surface area contributed by atoms with Crippen LogP contribution in [0.25, 0.3) is 0 Å². The fraction of sp³-hybridized carbons (Fsp3) is 0.538. The van der Waals surface area contributed by atoms with E-state index in [1.165, 1.54) is 43.2 Å². The number of aryl methyl sites for hydroxylation is 1. The van der Waals surface area contributed by atoms with Crippen LogP contribution < -0.4 is 0 Å². The third kappa shape index (κ3) is 1.85. The van der Waals surface area contributed by atoms with Gasteiger partial charge in [-0.05, 0) is 62.0 Å². The van der Waals surface area contributed by atoms with Gasteiger partial charge in [0.1, 0.15) is 0 Å². The summed E-state index contributed by atoms with van der Waals surface area (Å²) < 4.78 is 1.23. The van der Waals surface area contributed by atoms with Gasteiger partial charge in [-0.15, -0.1) is 0 Å². The van der Waals surface area contributed by atoms with Crippen LogP contribution in [0, 0.1) is 0 Å². The maximum atomic E-state index is 3.55. The SMILES string of the molecule is Brc1ccc2c(c1)CCC(N1CCC1)C2. The van der Waals surface area contributed by atoms with Crippen molar-refractivity contribution in [3.05, 3.63) is 33.8 Å². The van der Waals surface area contributed by atoms with Gasteiger partial charge in [-0.2, -0.15) is 0 Å². The maximum absolute atomic E-state index is 3.55. The molecule has 1 unspecified atom stereocenters. The van der Waals surface area contributed by atoms with Gasteiger partial charge in [0, 0.05) is 10.5 Å². The van der Waals surface area contributed by atoms with E-state index in [-0.39, 0.29) is 0 Å². The van der Waals surface area contributed by atoms with E-state index in [0.29, 0.717) is 0 Å². The van der Waals surface area contributed by atoms with Crippen LogP contribution in [0.15, 0.2) is 22.7 Å². The second-order valence-electron chi connectivity index (χ2n) is 4.70. The van der Waals surface area contributed by atoms with E-state index < -0.39 is 0 Å². The molecule has 80 valence electrons. The van der Waals surface area contributed by atoms with E-state index in [9.17, 15) is 0 Å². The molecule has 1 aliphatic heterocycles. The highest BCUT2D eigenvalue weighted by atomic mass is 79.9. The predicted molar refractivity (Wildman–Crippen MR) is 66.1 cm³/mol. The van der Waals surface area contributed by atoms with Gasteiger partial charge in [-0.1, -0.05) is 22.0 Å². The maximum Gasteiger partial charge on any atom is 0.0178 e. The third-order valence-corrected chi connectivity index (χ3v) is 4.27. The lowest BCUT2D eigenvalue weighted by Gasteiger charge is -2.40. The van der Waals surface area contributed by atoms with E-state index >= 15 is 0 Å². The summed E-state index contributed by atoms with van der Waals surface area (Å²) in [7, 11) is 0. The fourth-order valence-corrected chi connectivity index (χ4v) is 3.13. The molecule has 1 aromatic rings. The molecular formula is C13H16BrN. The van der Waals surface area contributed by atoms with Gasteiger partial charge in [-0.25, -0.2) is 0 Å². The Kier molecular flexibility index (Phi) is 2.57. The highest BCUT2D eigenvalue weighted by molar-refractivity contribution is 9.10. The van der Waals surface area contributed by atoms with Crippen molar-refractivity contribution >= 4 is 15.9 Å². The quantitative estimate of drug-likeness (QED) is 0.755. The fourth-order valence-electron chi connectivity index (χ4n) is 2.72. The zero-order valence-electron chi connectivity index (χ0n) is 8.88. The van der Waals surface area contributed by atoms with E-state index in [1.54, 1.807) is 11.1 Å². The molecule has 0 radical (unpaired) electrons. The Bertz CT molecular complexity index is 371. The molecule has 2 heteroatoms. The molecule has 0 amide bonds. The lowest BCUT2D eigenvalue weighted by atomic mass is 9.86. The van der Waals surface area contributed by atoms with Crippen molar-refractivity contribution in [2.24, 2.45) is 0 Å². The lowest BCUT2D eigenvalue weighted by molar-refractivity contribution is 0.107. The first-order valence-electron chi connectivity index (χ1n) is 5.84. The van der Waals surface area contributed by atoms with Gasteiger partial charge in [0.15, 0.2) is 0 Å². The summed E-state index contributed by atoms with van der Waals surface area (Å²) in [6.45, 7) is 2.66. The van der Waals surface area contributed by atoms with Crippen molar-refractivity contribution in [3.63, 3.8) is 0 Å². The first-order valence-corrected chi connectivity index (χ1v) is 6.63. The first-order chi connectivity index (χ1) is 7.33. The molecule has 1 aromatic carbocycles. The summed E-state index contributed by atoms with van der Waals surface area (Å²) in [5.41, 5.74) is 3.13. The predicted octanol–water partition coefficient (Wildman–Crippen LogP) is 3.01. The Morgan fingerprint density at radius 2 is 2.07 bits per heavy atom. The van der Waals surface area contributed by atoms with Crippen LogP contribution >= 0.6 is 15.9 Å². The largest absolute Gasteiger partial charge is 0.300 e. The van der Waals surface area contributed by atoms with E-state index in [1.807, 2.05) is 0 Å². The van der Waals surface area contributed by atoms with Crippen molar-refractivity contribution in [1.82, 2.24) is 4.90 Å². The number of hydrogen-bond acceptors (Lipinski definition) is 1. The summed E-state index contributed by atoms with van der Waals surface area (Å²) >= 11 is 3.55. The Balaban J connectivity index is 1.80. The minimum absolute atomic E-state index is 0.826. The topological polar surface area (TPSA) is 3.24 Å². The van der Waals surface area contributed by atoms with E-state index in [2.05, 4.69) is 39.0 Å². The van der Waals surface area contributed by atoms with Crippen LogP contribution in [0.5, 0.6) is 0 Å². The number of hydrogen-bond donors (Lipinski definition) is 0. The minimum Gasteiger partial charge on any atom is -0.300 e. The lowest BCUT2D eigenvalue weighted by Crippen LogP contribution is -2.47. The van der Waals surface area contributed by atoms with Crippen molar-refractivity contribution in [1.29, 1.82) is 0 Å². The molecule has 1 heterocycles. The number of halogens is 1. The van der Waals surface area contributed by atoms with Gasteiger partial charge < -0.3 is 0 Å². The Labute approximate surface area is 99.6 Å². The van der Waals surface area contributed by atoms with Crippen LogP contribution in [-0.2, 0) is 12.8 Å². The summed E-state index contributed by atoms with van der Waals surface area (Å²) in [4.78, 5) is 2.64. The molecule has 1 aliphatic carbocycles. The molecule has 2 aliphatic rings. The molecule has 1 fully saturated rings. The molecule has 0 aromatic heterocycles. The van der Waals surface area contributed by atoms with Gasteiger partial charge >= 0.3 is 0 Å². The first kappa shape index (κ1) is 9.86. The molecule has 1 nitrogen and oxygen atoms in total. The molecule has 0 saturated carbocycles. The average Bonchev–Trinajstić information content (AvgIpc) is 2.15. The number of nitrogens with zero attached hydrogens (tertiary/aromatic N) is 1. The minimum atomic E-state index is 0.826. The molecule has 1 saturated heterocycles. The van der Waals surface area contributed by atoms with Crippen LogP contribution in [0.3, 0.4) is 0 Å². The van der Waals surface area contributed by atoms with Gasteiger partial charge in [-0.3, -0.25) is 4.90 Å². The molecule has 0 N–H and O–H groups in total. The molecule has 3 rings (SSSR count).